The van der Waals surface area contributed by atoms with Gasteiger partial charge in [-0.1, -0.05) is 6.42 Å². The number of carbonyl (C=O) groups excluding carboxylic acids is 1. The van der Waals surface area contributed by atoms with E-state index in [1.165, 1.54) is 0 Å². The van der Waals surface area contributed by atoms with Crippen molar-refractivity contribution in [2.45, 2.75) is 38.4 Å². The molecule has 1 aliphatic heterocycles. The number of Topliss-reactive ketones (excluding diaryl/α,β-unsaturated/α-hetero) is 1. The van der Waals surface area contributed by atoms with Crippen molar-refractivity contribution in [3.8, 4) is 0 Å². The summed E-state index contributed by atoms with van der Waals surface area (Å²) in [6.45, 7) is 2.93. The molecule has 0 bridgehead atoms. The number of ketones is 1. The molecular formula is C10H16O3. The molecule has 1 spiro atoms. The standard InChI is InChI=1S/C10H16O3/c1-8(11)9-4-2-3-5-10(9)12-6-7-13-10/h9H,2-7H2,1H3. The molecule has 13 heavy (non-hydrogen) atoms. The molecular weight excluding hydrogens is 168 g/mol. The molecule has 2 aliphatic rings. The molecule has 74 valence electrons. The second-order valence-corrected chi connectivity index (χ2v) is 3.92. The minimum atomic E-state index is -0.538. The normalized spacial score (nSPS) is 32.2. The fourth-order valence-corrected chi connectivity index (χ4v) is 2.44. The van der Waals surface area contributed by atoms with Crippen LogP contribution in [0.1, 0.15) is 32.6 Å². The van der Waals surface area contributed by atoms with Crippen LogP contribution in [0, 0.1) is 5.92 Å². The molecule has 1 atom stereocenters. The molecule has 0 N–H and O–H groups in total. The second-order valence-electron chi connectivity index (χ2n) is 3.92. The Bertz CT molecular complexity index is 206. The zero-order valence-electron chi connectivity index (χ0n) is 8.04. The third-order valence-corrected chi connectivity index (χ3v) is 3.07. The number of ether oxygens (including phenoxy) is 2. The lowest BCUT2D eigenvalue weighted by Gasteiger charge is -2.37. The average molecular weight is 184 g/mol. The Labute approximate surface area is 78.4 Å². The summed E-state index contributed by atoms with van der Waals surface area (Å²) < 4.78 is 11.2. The van der Waals surface area contributed by atoms with Gasteiger partial charge in [-0.25, -0.2) is 0 Å². The summed E-state index contributed by atoms with van der Waals surface area (Å²) in [5.74, 6) is -0.352. The highest BCUT2D eigenvalue weighted by molar-refractivity contribution is 5.79. The third kappa shape index (κ3) is 1.51. The minimum absolute atomic E-state index is 0.0243. The summed E-state index contributed by atoms with van der Waals surface area (Å²) in [6, 6.07) is 0. The summed E-state index contributed by atoms with van der Waals surface area (Å²) >= 11 is 0. The number of rotatable bonds is 1. The van der Waals surface area contributed by atoms with Gasteiger partial charge in [0.25, 0.3) is 0 Å². The van der Waals surface area contributed by atoms with Crippen molar-refractivity contribution in [3.63, 3.8) is 0 Å². The number of carbonyl (C=O) groups is 1. The van der Waals surface area contributed by atoms with Crippen LogP contribution in [-0.2, 0) is 14.3 Å². The van der Waals surface area contributed by atoms with E-state index >= 15 is 0 Å². The fourth-order valence-electron chi connectivity index (χ4n) is 2.44. The van der Waals surface area contributed by atoms with Crippen molar-refractivity contribution in [1.82, 2.24) is 0 Å². The average Bonchev–Trinajstić information content (AvgIpc) is 2.54. The van der Waals surface area contributed by atoms with Gasteiger partial charge >= 0.3 is 0 Å². The minimum Gasteiger partial charge on any atom is -0.347 e. The SMILES string of the molecule is CC(=O)C1CCCCC12OCCO2. The Morgan fingerprint density at radius 3 is 2.62 bits per heavy atom. The van der Waals surface area contributed by atoms with Gasteiger partial charge in [-0.05, 0) is 19.8 Å². The van der Waals surface area contributed by atoms with Crippen molar-refractivity contribution in [2.24, 2.45) is 5.92 Å². The summed E-state index contributed by atoms with van der Waals surface area (Å²) in [7, 11) is 0. The maximum Gasteiger partial charge on any atom is 0.178 e. The van der Waals surface area contributed by atoms with E-state index in [4.69, 9.17) is 9.47 Å². The summed E-state index contributed by atoms with van der Waals surface area (Å²) in [5.41, 5.74) is 0. The summed E-state index contributed by atoms with van der Waals surface area (Å²) in [5, 5.41) is 0. The lowest BCUT2D eigenvalue weighted by molar-refractivity contribution is -0.210. The Balaban J connectivity index is 2.16. The largest absolute Gasteiger partial charge is 0.347 e. The van der Waals surface area contributed by atoms with Gasteiger partial charge in [-0.2, -0.15) is 0 Å². The molecule has 2 rings (SSSR count). The molecule has 1 unspecified atom stereocenters. The van der Waals surface area contributed by atoms with E-state index in [0.29, 0.717) is 13.2 Å². The second kappa shape index (κ2) is 3.39. The monoisotopic (exact) mass is 184 g/mol. The first-order chi connectivity index (χ1) is 6.25. The van der Waals surface area contributed by atoms with Crippen molar-refractivity contribution < 1.29 is 14.3 Å². The highest BCUT2D eigenvalue weighted by atomic mass is 16.7. The predicted octanol–water partition coefficient (Wildman–Crippen LogP) is 1.51. The third-order valence-electron chi connectivity index (χ3n) is 3.07. The predicted molar refractivity (Wildman–Crippen MR) is 47.3 cm³/mol. The quantitative estimate of drug-likeness (QED) is 0.619. The topological polar surface area (TPSA) is 35.5 Å². The van der Waals surface area contributed by atoms with Crippen LogP contribution in [0.5, 0.6) is 0 Å². The molecule has 1 aliphatic carbocycles. The van der Waals surface area contributed by atoms with E-state index in [1.54, 1.807) is 6.92 Å². The van der Waals surface area contributed by atoms with Gasteiger partial charge < -0.3 is 9.47 Å². The molecule has 3 nitrogen and oxygen atoms in total. The zero-order valence-corrected chi connectivity index (χ0v) is 8.04. The van der Waals surface area contributed by atoms with Crippen LogP contribution in [0.25, 0.3) is 0 Å². The van der Waals surface area contributed by atoms with Crippen LogP contribution in [-0.4, -0.2) is 24.8 Å². The van der Waals surface area contributed by atoms with Gasteiger partial charge in [0.05, 0.1) is 19.1 Å². The first kappa shape index (κ1) is 9.16. The van der Waals surface area contributed by atoms with E-state index in [-0.39, 0.29) is 11.7 Å². The van der Waals surface area contributed by atoms with Gasteiger partial charge in [-0.15, -0.1) is 0 Å². The molecule has 1 saturated carbocycles. The molecule has 0 aromatic heterocycles. The lowest BCUT2D eigenvalue weighted by Crippen LogP contribution is -2.45. The smallest absolute Gasteiger partial charge is 0.178 e. The van der Waals surface area contributed by atoms with Crippen LogP contribution in [0.4, 0.5) is 0 Å². The van der Waals surface area contributed by atoms with Crippen molar-refractivity contribution >= 4 is 5.78 Å². The molecule has 3 heteroatoms. The summed E-state index contributed by atoms with van der Waals surface area (Å²) in [4.78, 5) is 11.4. The first-order valence-corrected chi connectivity index (χ1v) is 5.03. The zero-order chi connectivity index (χ0) is 9.31. The number of hydrogen-bond acceptors (Lipinski definition) is 3. The van der Waals surface area contributed by atoms with Gasteiger partial charge in [-0.3, -0.25) is 4.79 Å². The molecule has 0 aromatic carbocycles. The maximum atomic E-state index is 11.4. The van der Waals surface area contributed by atoms with E-state index in [1.807, 2.05) is 0 Å². The Hall–Kier alpha value is -0.410. The van der Waals surface area contributed by atoms with Crippen molar-refractivity contribution in [2.75, 3.05) is 13.2 Å². The van der Waals surface area contributed by atoms with Gasteiger partial charge in [0, 0.05) is 6.42 Å². The van der Waals surface area contributed by atoms with Crippen LogP contribution in [0.15, 0.2) is 0 Å². The van der Waals surface area contributed by atoms with Crippen LogP contribution < -0.4 is 0 Å². The number of hydrogen-bond donors (Lipinski definition) is 0. The summed E-state index contributed by atoms with van der Waals surface area (Å²) in [6.07, 6.45) is 4.05. The maximum absolute atomic E-state index is 11.4. The molecule has 1 heterocycles. The highest BCUT2D eigenvalue weighted by Crippen LogP contribution is 2.40. The Kier molecular flexibility index (Phi) is 2.39. The van der Waals surface area contributed by atoms with Crippen LogP contribution in [0.2, 0.25) is 0 Å². The first-order valence-electron chi connectivity index (χ1n) is 5.03. The Morgan fingerprint density at radius 1 is 1.31 bits per heavy atom. The van der Waals surface area contributed by atoms with Crippen LogP contribution in [0.3, 0.4) is 0 Å². The fraction of sp³-hybridized carbons (Fsp3) is 0.900. The lowest BCUT2D eigenvalue weighted by atomic mass is 9.81. The van der Waals surface area contributed by atoms with E-state index in [0.717, 1.165) is 25.7 Å². The van der Waals surface area contributed by atoms with Crippen molar-refractivity contribution in [3.05, 3.63) is 0 Å². The van der Waals surface area contributed by atoms with E-state index in [2.05, 4.69) is 0 Å². The van der Waals surface area contributed by atoms with E-state index in [9.17, 15) is 4.79 Å². The van der Waals surface area contributed by atoms with Gasteiger partial charge in [0.1, 0.15) is 5.78 Å². The van der Waals surface area contributed by atoms with E-state index < -0.39 is 5.79 Å². The van der Waals surface area contributed by atoms with Gasteiger partial charge in [0.15, 0.2) is 5.79 Å². The highest BCUT2D eigenvalue weighted by Gasteiger charge is 2.47. The molecule has 1 saturated heterocycles. The molecule has 0 amide bonds. The molecule has 0 aromatic rings. The van der Waals surface area contributed by atoms with Crippen molar-refractivity contribution in [1.29, 1.82) is 0 Å². The van der Waals surface area contributed by atoms with Gasteiger partial charge in [0.2, 0.25) is 0 Å². The molecule has 0 radical (unpaired) electrons. The molecule has 2 fully saturated rings. The Morgan fingerprint density at radius 2 is 2.00 bits per heavy atom. The van der Waals surface area contributed by atoms with Crippen LogP contribution >= 0.6 is 0 Å².